The molecule has 2 aromatic rings. The van der Waals surface area contributed by atoms with E-state index in [2.05, 4.69) is 10.3 Å². The van der Waals surface area contributed by atoms with Gasteiger partial charge in [0.05, 0.1) is 10.7 Å². The van der Waals surface area contributed by atoms with E-state index < -0.39 is 0 Å². The van der Waals surface area contributed by atoms with Crippen molar-refractivity contribution in [1.29, 1.82) is 0 Å². The van der Waals surface area contributed by atoms with Gasteiger partial charge in [-0.1, -0.05) is 18.2 Å². The summed E-state index contributed by atoms with van der Waals surface area (Å²) in [5.41, 5.74) is 1.71. The van der Waals surface area contributed by atoms with Crippen molar-refractivity contribution in [2.45, 2.75) is 32.9 Å². The Kier molecular flexibility index (Phi) is 4.09. The Labute approximate surface area is 111 Å². The second-order valence-corrected chi connectivity index (χ2v) is 5.49. The molecule has 2 unspecified atom stereocenters. The number of nitrogens with zero attached hydrogens (tertiary/aromatic N) is 1. The molecule has 0 amide bonds. The van der Waals surface area contributed by atoms with E-state index in [-0.39, 0.29) is 17.9 Å². The number of nitrogens with one attached hydrogen (secondary N) is 1. The number of benzene rings is 1. The largest absolute Gasteiger partial charge is 0.302 e. The lowest BCUT2D eigenvalue weighted by molar-refractivity contribution is 0.468. The summed E-state index contributed by atoms with van der Waals surface area (Å²) in [4.78, 5) is 4.44. The summed E-state index contributed by atoms with van der Waals surface area (Å²) < 4.78 is 13.6. The van der Waals surface area contributed by atoms with Crippen LogP contribution in [-0.2, 0) is 0 Å². The maximum Gasteiger partial charge on any atom is 0.127 e. The zero-order chi connectivity index (χ0) is 13.1. The molecule has 96 valence electrons. The summed E-state index contributed by atoms with van der Waals surface area (Å²) in [5.74, 6) is -0.167. The lowest BCUT2D eigenvalue weighted by Gasteiger charge is -2.19. The van der Waals surface area contributed by atoms with Gasteiger partial charge >= 0.3 is 0 Å². The number of hydrogen-bond acceptors (Lipinski definition) is 3. The first kappa shape index (κ1) is 13.2. The molecule has 0 aliphatic rings. The number of aromatic nitrogens is 1. The molecule has 0 aliphatic heterocycles. The number of rotatable bonds is 4. The van der Waals surface area contributed by atoms with Gasteiger partial charge in [0.1, 0.15) is 5.82 Å². The van der Waals surface area contributed by atoms with E-state index in [9.17, 15) is 4.39 Å². The molecule has 2 rings (SSSR count). The molecule has 2 atom stereocenters. The summed E-state index contributed by atoms with van der Waals surface area (Å²) in [7, 11) is 0. The highest BCUT2D eigenvalue weighted by molar-refractivity contribution is 7.09. The zero-order valence-electron chi connectivity index (χ0n) is 10.8. The monoisotopic (exact) mass is 264 g/mol. The van der Waals surface area contributed by atoms with Crippen LogP contribution in [0.1, 0.15) is 42.2 Å². The van der Waals surface area contributed by atoms with Crippen molar-refractivity contribution >= 4 is 11.3 Å². The van der Waals surface area contributed by atoms with Crippen LogP contribution in [0.4, 0.5) is 4.39 Å². The van der Waals surface area contributed by atoms with Crippen LogP contribution in [0.25, 0.3) is 0 Å². The lowest BCUT2D eigenvalue weighted by Crippen LogP contribution is -2.23. The van der Waals surface area contributed by atoms with Gasteiger partial charge in [-0.3, -0.25) is 0 Å². The van der Waals surface area contributed by atoms with Gasteiger partial charge < -0.3 is 5.32 Å². The third kappa shape index (κ3) is 2.94. The Morgan fingerprint density at radius 1 is 1.22 bits per heavy atom. The summed E-state index contributed by atoms with van der Waals surface area (Å²) in [6, 6.07) is 6.94. The van der Waals surface area contributed by atoms with Gasteiger partial charge in [0.15, 0.2) is 0 Å². The number of thiazole rings is 1. The van der Waals surface area contributed by atoms with Crippen LogP contribution in [0.2, 0.25) is 0 Å². The fourth-order valence-electron chi connectivity index (χ4n) is 1.96. The van der Waals surface area contributed by atoms with Crippen molar-refractivity contribution in [2.75, 3.05) is 0 Å². The zero-order valence-corrected chi connectivity index (χ0v) is 11.6. The third-order valence-electron chi connectivity index (χ3n) is 2.95. The van der Waals surface area contributed by atoms with Gasteiger partial charge in [-0.15, -0.1) is 11.3 Å². The predicted molar refractivity (Wildman–Crippen MR) is 73.2 cm³/mol. The van der Waals surface area contributed by atoms with E-state index in [1.165, 1.54) is 6.07 Å². The minimum atomic E-state index is -0.167. The van der Waals surface area contributed by atoms with Crippen LogP contribution < -0.4 is 5.32 Å². The average Bonchev–Trinajstić information content (AvgIpc) is 2.76. The molecule has 0 radical (unpaired) electrons. The first-order valence-corrected chi connectivity index (χ1v) is 6.88. The molecule has 0 aliphatic carbocycles. The number of halogens is 1. The van der Waals surface area contributed by atoms with Gasteiger partial charge in [0.2, 0.25) is 0 Å². The quantitative estimate of drug-likeness (QED) is 0.902. The molecule has 1 N–H and O–H groups in total. The van der Waals surface area contributed by atoms with E-state index in [0.29, 0.717) is 5.56 Å². The smallest absolute Gasteiger partial charge is 0.127 e. The van der Waals surface area contributed by atoms with Crippen LogP contribution in [0.5, 0.6) is 0 Å². The Morgan fingerprint density at radius 3 is 2.56 bits per heavy atom. The van der Waals surface area contributed by atoms with Gasteiger partial charge in [0, 0.05) is 23.0 Å². The van der Waals surface area contributed by atoms with E-state index >= 15 is 0 Å². The highest BCUT2D eigenvalue weighted by Crippen LogP contribution is 2.22. The Hall–Kier alpha value is -1.26. The molecule has 2 nitrogen and oxygen atoms in total. The first-order chi connectivity index (χ1) is 8.58. The van der Waals surface area contributed by atoms with E-state index in [1.54, 1.807) is 17.4 Å². The summed E-state index contributed by atoms with van der Waals surface area (Å²) in [6.45, 7) is 6.00. The maximum atomic E-state index is 13.6. The van der Waals surface area contributed by atoms with Gasteiger partial charge in [-0.25, -0.2) is 9.37 Å². The molecular weight excluding hydrogens is 247 g/mol. The van der Waals surface area contributed by atoms with Crippen LogP contribution >= 0.6 is 11.3 Å². The Morgan fingerprint density at radius 2 is 1.94 bits per heavy atom. The first-order valence-electron chi connectivity index (χ1n) is 6.00. The second kappa shape index (κ2) is 5.59. The minimum absolute atomic E-state index is 0.0387. The van der Waals surface area contributed by atoms with Crippen molar-refractivity contribution < 1.29 is 4.39 Å². The lowest BCUT2D eigenvalue weighted by atomic mass is 10.1. The molecule has 0 bridgehead atoms. The molecule has 1 heterocycles. The molecular formula is C14H17FN2S. The molecule has 0 fully saturated rings. The average molecular weight is 264 g/mol. The fraction of sp³-hybridized carbons (Fsp3) is 0.357. The highest BCUT2D eigenvalue weighted by Gasteiger charge is 2.15. The maximum absolute atomic E-state index is 13.6. The molecule has 0 saturated heterocycles. The van der Waals surface area contributed by atoms with Crippen molar-refractivity contribution in [2.24, 2.45) is 0 Å². The summed E-state index contributed by atoms with van der Waals surface area (Å²) in [6.07, 6.45) is 0. The third-order valence-corrected chi connectivity index (χ3v) is 3.74. The Bertz CT molecular complexity index is 524. The molecule has 1 aromatic carbocycles. The standard InChI is InChI=1S/C14H17FN2S/c1-9(12-6-4-5-7-13(12)15)16-10(2)14-8-18-11(3)17-14/h4-10,16H,1-3H3. The van der Waals surface area contributed by atoms with Crippen molar-refractivity contribution in [3.63, 3.8) is 0 Å². The van der Waals surface area contributed by atoms with E-state index in [0.717, 1.165) is 10.7 Å². The van der Waals surface area contributed by atoms with Gasteiger partial charge in [-0.2, -0.15) is 0 Å². The van der Waals surface area contributed by atoms with E-state index in [1.807, 2.05) is 38.3 Å². The molecule has 1 aromatic heterocycles. The van der Waals surface area contributed by atoms with Crippen LogP contribution in [0.3, 0.4) is 0 Å². The molecule has 0 spiro atoms. The SMILES string of the molecule is Cc1nc(C(C)NC(C)c2ccccc2F)cs1. The second-order valence-electron chi connectivity index (χ2n) is 4.42. The molecule has 18 heavy (non-hydrogen) atoms. The highest BCUT2D eigenvalue weighted by atomic mass is 32.1. The van der Waals surface area contributed by atoms with E-state index in [4.69, 9.17) is 0 Å². The van der Waals surface area contributed by atoms with Crippen LogP contribution in [-0.4, -0.2) is 4.98 Å². The van der Waals surface area contributed by atoms with Crippen molar-refractivity contribution in [3.05, 3.63) is 51.7 Å². The van der Waals surface area contributed by atoms with Gasteiger partial charge in [-0.05, 0) is 26.8 Å². The number of hydrogen-bond donors (Lipinski definition) is 1. The minimum Gasteiger partial charge on any atom is -0.302 e. The summed E-state index contributed by atoms with van der Waals surface area (Å²) in [5, 5.41) is 6.47. The molecule has 0 saturated carbocycles. The fourth-order valence-corrected chi connectivity index (χ4v) is 2.66. The molecule has 4 heteroatoms. The van der Waals surface area contributed by atoms with Crippen LogP contribution in [0.15, 0.2) is 29.6 Å². The van der Waals surface area contributed by atoms with Crippen molar-refractivity contribution in [1.82, 2.24) is 10.3 Å². The predicted octanol–water partition coefficient (Wildman–Crippen LogP) is 4.00. The summed E-state index contributed by atoms with van der Waals surface area (Å²) >= 11 is 1.63. The van der Waals surface area contributed by atoms with Crippen molar-refractivity contribution in [3.8, 4) is 0 Å². The Balaban J connectivity index is 2.08. The van der Waals surface area contributed by atoms with Crippen LogP contribution in [0, 0.1) is 12.7 Å². The topological polar surface area (TPSA) is 24.9 Å². The number of aryl methyl sites for hydroxylation is 1. The normalized spacial score (nSPS) is 14.4. The van der Waals surface area contributed by atoms with Gasteiger partial charge in [0.25, 0.3) is 0 Å².